The van der Waals surface area contributed by atoms with Gasteiger partial charge < -0.3 is 14.8 Å². The van der Waals surface area contributed by atoms with E-state index in [4.69, 9.17) is 4.74 Å². The van der Waals surface area contributed by atoms with Gasteiger partial charge in [-0.05, 0) is 43.7 Å². The summed E-state index contributed by atoms with van der Waals surface area (Å²) in [6, 6.07) is 2.08. The molecule has 1 atom stereocenters. The summed E-state index contributed by atoms with van der Waals surface area (Å²) in [6.45, 7) is 3.37. The van der Waals surface area contributed by atoms with Crippen LogP contribution in [0.4, 0.5) is 9.80 Å². The minimum atomic E-state index is -3.87. The van der Waals surface area contributed by atoms with Gasteiger partial charge in [0.25, 0.3) is 15.9 Å². The smallest absolute Gasteiger partial charge is 0.413 e. The third kappa shape index (κ3) is 5.14. The molecule has 2 aromatic heterocycles. The van der Waals surface area contributed by atoms with Crippen molar-refractivity contribution in [1.29, 1.82) is 0 Å². The Morgan fingerprint density at radius 3 is 2.62 bits per heavy atom. The van der Waals surface area contributed by atoms with Crippen LogP contribution < -0.4 is 10.6 Å². The van der Waals surface area contributed by atoms with Gasteiger partial charge in [-0.3, -0.25) is 14.9 Å². The molecule has 3 amide bonds. The predicted octanol–water partition coefficient (Wildman–Crippen LogP) is 2.58. The number of thiophene rings is 2. The number of hydrogen-bond donors (Lipinski definition) is 2. The van der Waals surface area contributed by atoms with E-state index in [9.17, 15) is 27.6 Å². The third-order valence-electron chi connectivity index (χ3n) is 5.04. The summed E-state index contributed by atoms with van der Waals surface area (Å²) < 4.78 is 36.7. The molecule has 1 unspecified atom stereocenters. The highest BCUT2D eigenvalue weighted by Gasteiger charge is 2.40. The maximum Gasteiger partial charge on any atom is 0.413 e. The molecule has 2 aromatic rings. The number of esters is 1. The average molecular weight is 530 g/mol. The largest absolute Gasteiger partial charge is 0.462 e. The molecule has 2 N–H and O–H groups in total. The van der Waals surface area contributed by atoms with E-state index in [1.165, 1.54) is 13.0 Å². The molecule has 184 valence electrons. The molecule has 0 radical (unpaired) electrons. The second-order valence-electron chi connectivity index (χ2n) is 7.12. The fraction of sp³-hybridized carbons (Fsp3) is 0.400. The lowest BCUT2D eigenvalue weighted by Gasteiger charge is -2.22. The summed E-state index contributed by atoms with van der Waals surface area (Å²) in [5, 5.41) is 6.22. The Kier molecular flexibility index (Phi) is 8.07. The Morgan fingerprint density at radius 1 is 1.26 bits per heavy atom. The van der Waals surface area contributed by atoms with Crippen LogP contribution in [0.5, 0.6) is 0 Å². The van der Waals surface area contributed by atoms with Crippen molar-refractivity contribution in [3.63, 3.8) is 0 Å². The maximum atomic E-state index is 13.2. The summed E-state index contributed by atoms with van der Waals surface area (Å²) in [4.78, 5) is 49.9. The quantitative estimate of drug-likeness (QED) is 0.520. The van der Waals surface area contributed by atoms with Crippen molar-refractivity contribution in [2.75, 3.05) is 25.6 Å². The van der Waals surface area contributed by atoms with Gasteiger partial charge in [-0.2, -0.15) is 4.31 Å². The van der Waals surface area contributed by atoms with Gasteiger partial charge in [-0.25, -0.2) is 18.0 Å². The van der Waals surface area contributed by atoms with Gasteiger partial charge in [0, 0.05) is 6.54 Å². The Labute approximate surface area is 204 Å². The fourth-order valence-corrected chi connectivity index (χ4v) is 7.36. The molecule has 0 bridgehead atoms. The van der Waals surface area contributed by atoms with E-state index < -0.39 is 39.9 Å². The van der Waals surface area contributed by atoms with Gasteiger partial charge >= 0.3 is 12.1 Å². The van der Waals surface area contributed by atoms with Crippen molar-refractivity contribution in [1.82, 2.24) is 9.62 Å². The zero-order valence-corrected chi connectivity index (χ0v) is 21.0. The molecule has 3 rings (SSSR count). The second-order valence-corrected chi connectivity index (χ2v) is 11.2. The monoisotopic (exact) mass is 529 g/mol. The maximum absolute atomic E-state index is 13.2. The molecule has 11 nitrogen and oxygen atoms in total. The van der Waals surface area contributed by atoms with Crippen LogP contribution in [0.2, 0.25) is 0 Å². The van der Waals surface area contributed by atoms with Gasteiger partial charge in [-0.1, -0.05) is 6.07 Å². The zero-order valence-electron chi connectivity index (χ0n) is 18.6. The number of alkyl carbamates (subject to hydrolysis) is 1. The lowest BCUT2D eigenvalue weighted by atomic mass is 10.1. The molecule has 34 heavy (non-hydrogen) atoms. The van der Waals surface area contributed by atoms with Crippen molar-refractivity contribution in [3.8, 4) is 0 Å². The first-order chi connectivity index (χ1) is 16.1. The third-order valence-corrected chi connectivity index (χ3v) is 9.51. The molecule has 0 saturated carbocycles. The first kappa shape index (κ1) is 25.8. The van der Waals surface area contributed by atoms with Gasteiger partial charge in [0.05, 0.1) is 19.3 Å². The number of nitrogens with one attached hydrogen (secondary N) is 2. The molecule has 1 aliphatic rings. The van der Waals surface area contributed by atoms with Crippen molar-refractivity contribution in [3.05, 3.63) is 33.5 Å². The highest BCUT2D eigenvalue weighted by Crippen LogP contribution is 2.35. The van der Waals surface area contributed by atoms with Gasteiger partial charge in [0.2, 0.25) is 5.91 Å². The molecule has 14 heteroatoms. The molecule has 1 fully saturated rings. The lowest BCUT2D eigenvalue weighted by molar-refractivity contribution is -0.119. The SMILES string of the molecule is CCOC(=O)c1sc(NC(=O)C2CCCN2S(=O)(=O)c2cccs2)c(C(=O)NC(=O)OC)c1C. The molecule has 3 heterocycles. The Morgan fingerprint density at radius 2 is 2.00 bits per heavy atom. The molecule has 1 saturated heterocycles. The summed E-state index contributed by atoms with van der Waals surface area (Å²) in [5.74, 6) is -2.23. The van der Waals surface area contributed by atoms with E-state index in [1.807, 2.05) is 5.32 Å². The molecular formula is C20H23N3O8S3. The lowest BCUT2D eigenvalue weighted by Crippen LogP contribution is -2.43. The van der Waals surface area contributed by atoms with Crippen LogP contribution in [-0.2, 0) is 24.3 Å². The molecule has 1 aliphatic heterocycles. The van der Waals surface area contributed by atoms with Crippen molar-refractivity contribution >= 4 is 61.6 Å². The number of anilines is 1. The number of rotatable bonds is 7. The Bertz CT molecular complexity index is 1200. The number of ether oxygens (including phenoxy) is 2. The van der Waals surface area contributed by atoms with E-state index in [2.05, 4.69) is 10.1 Å². The van der Waals surface area contributed by atoms with Crippen molar-refractivity contribution in [2.24, 2.45) is 0 Å². The second kappa shape index (κ2) is 10.6. The van der Waals surface area contributed by atoms with Gasteiger partial charge in [0.1, 0.15) is 20.1 Å². The number of carbonyl (C=O) groups excluding carboxylic acids is 4. The normalized spacial score (nSPS) is 16.1. The molecule has 0 aliphatic carbocycles. The zero-order chi connectivity index (χ0) is 25.0. The fourth-order valence-electron chi connectivity index (χ4n) is 3.48. The van der Waals surface area contributed by atoms with E-state index in [0.717, 1.165) is 34.1 Å². The van der Waals surface area contributed by atoms with Crippen LogP contribution in [-0.4, -0.2) is 62.9 Å². The average Bonchev–Trinajstić information content (AvgIpc) is 3.54. The van der Waals surface area contributed by atoms with Crippen molar-refractivity contribution in [2.45, 2.75) is 36.9 Å². The molecule has 0 aromatic carbocycles. The molecular weight excluding hydrogens is 506 g/mol. The van der Waals surface area contributed by atoms with E-state index in [0.29, 0.717) is 6.42 Å². The minimum Gasteiger partial charge on any atom is -0.462 e. The number of amides is 3. The van der Waals surface area contributed by atoms with Crippen LogP contribution in [0.25, 0.3) is 0 Å². The molecule has 0 spiro atoms. The number of nitrogens with zero attached hydrogens (tertiary/aromatic N) is 1. The predicted molar refractivity (Wildman–Crippen MR) is 125 cm³/mol. The van der Waals surface area contributed by atoms with Crippen LogP contribution in [0.1, 0.15) is 45.4 Å². The number of imide groups is 1. The standard InChI is InChI=1S/C20H23N3O8S3/c1-4-31-19(26)15-11(2)14(17(25)22-20(27)30-3)18(33-15)21-16(24)12-7-5-9-23(12)34(28,29)13-8-6-10-32-13/h6,8,10,12H,4-5,7,9H2,1-3H3,(H,21,24)(H,22,25,27). The first-order valence-electron chi connectivity index (χ1n) is 10.2. The van der Waals surface area contributed by atoms with E-state index in [1.54, 1.807) is 18.4 Å². The highest BCUT2D eigenvalue weighted by atomic mass is 32.2. The highest BCUT2D eigenvalue weighted by molar-refractivity contribution is 7.91. The van der Waals surface area contributed by atoms with Crippen LogP contribution in [0.15, 0.2) is 21.7 Å². The van der Waals surface area contributed by atoms with Crippen molar-refractivity contribution < 1.29 is 37.1 Å². The van der Waals surface area contributed by atoms with Crippen LogP contribution >= 0.6 is 22.7 Å². The first-order valence-corrected chi connectivity index (χ1v) is 13.3. The Balaban J connectivity index is 1.93. The number of sulfonamides is 1. The number of methoxy groups -OCH3 is 1. The number of carbonyl (C=O) groups is 4. The van der Waals surface area contributed by atoms with E-state index in [-0.39, 0.29) is 44.8 Å². The summed E-state index contributed by atoms with van der Waals surface area (Å²) in [6.07, 6.45) is -0.250. The summed E-state index contributed by atoms with van der Waals surface area (Å²) >= 11 is 1.86. The van der Waals surface area contributed by atoms with E-state index >= 15 is 0 Å². The summed E-state index contributed by atoms with van der Waals surface area (Å²) in [7, 11) is -2.79. The summed E-state index contributed by atoms with van der Waals surface area (Å²) in [5.41, 5.74) is 0.0899. The van der Waals surface area contributed by atoms with Crippen LogP contribution in [0.3, 0.4) is 0 Å². The minimum absolute atomic E-state index is 0.00710. The number of hydrogen-bond acceptors (Lipinski definition) is 10. The van der Waals surface area contributed by atoms with Crippen LogP contribution in [0, 0.1) is 6.92 Å². The van der Waals surface area contributed by atoms with Gasteiger partial charge in [0.15, 0.2) is 0 Å². The van der Waals surface area contributed by atoms with Gasteiger partial charge in [-0.15, -0.1) is 22.7 Å². The Hall–Kier alpha value is -2.81. The topological polar surface area (TPSA) is 148 Å².